The summed E-state index contributed by atoms with van der Waals surface area (Å²) < 4.78 is 0. The lowest BCUT2D eigenvalue weighted by Gasteiger charge is -2.25. The maximum Gasteiger partial charge on any atom is 0.326 e. The molecule has 16 nitrogen and oxygen atoms in total. The Hall–Kier alpha value is -4.44. The lowest BCUT2D eigenvalue weighted by atomic mass is 10.0. The highest BCUT2D eigenvalue weighted by molar-refractivity contribution is 5.94. The Morgan fingerprint density at radius 3 is 1.85 bits per heavy atom. The first kappa shape index (κ1) is 34.6. The number of guanidine groups is 1. The number of phenolic OH excluding ortho intramolecular Hbond substituents is 1. The van der Waals surface area contributed by atoms with E-state index in [4.69, 9.17) is 28.0 Å². The van der Waals surface area contributed by atoms with Crippen molar-refractivity contribution >= 4 is 35.6 Å². The smallest absolute Gasteiger partial charge is 0.326 e. The molecule has 1 aromatic carbocycles. The van der Waals surface area contributed by atoms with Crippen LogP contribution >= 0.6 is 0 Å². The zero-order chi connectivity index (χ0) is 30.9. The third-order valence-corrected chi connectivity index (χ3v) is 5.88. The van der Waals surface area contributed by atoms with E-state index in [1.807, 2.05) is 0 Å². The van der Waals surface area contributed by atoms with Gasteiger partial charge < -0.3 is 54.2 Å². The van der Waals surface area contributed by atoms with E-state index in [9.17, 15) is 34.2 Å². The quantitative estimate of drug-likeness (QED) is 0.0460. The fourth-order valence-electron chi connectivity index (χ4n) is 3.71. The average Bonchev–Trinajstić information content (AvgIpc) is 2.90. The van der Waals surface area contributed by atoms with Gasteiger partial charge in [0.15, 0.2) is 5.96 Å². The van der Waals surface area contributed by atoms with Crippen LogP contribution in [0.5, 0.6) is 5.75 Å². The van der Waals surface area contributed by atoms with Gasteiger partial charge in [-0.15, -0.1) is 0 Å². The van der Waals surface area contributed by atoms with Gasteiger partial charge in [-0.05, 0) is 62.8 Å². The van der Waals surface area contributed by atoms with Crippen molar-refractivity contribution in [2.75, 3.05) is 13.1 Å². The minimum absolute atomic E-state index is 0.0302. The molecular weight excluding hydrogens is 540 g/mol. The highest BCUT2D eigenvalue weighted by Gasteiger charge is 2.31. The van der Waals surface area contributed by atoms with Crippen LogP contribution < -0.4 is 38.9 Å². The number of nitrogens with zero attached hydrogens (tertiary/aromatic N) is 1. The topological polar surface area (TPSA) is 299 Å². The predicted molar refractivity (Wildman–Crippen MR) is 148 cm³/mol. The van der Waals surface area contributed by atoms with E-state index in [0.29, 0.717) is 24.9 Å². The summed E-state index contributed by atoms with van der Waals surface area (Å²) in [5.74, 6) is -5.45. The Morgan fingerprint density at radius 1 is 0.805 bits per heavy atom. The molecule has 0 fully saturated rings. The zero-order valence-electron chi connectivity index (χ0n) is 22.6. The second kappa shape index (κ2) is 18.0. The molecule has 16 heteroatoms. The molecular formula is C25H40N8O8. The average molecular weight is 581 g/mol. The van der Waals surface area contributed by atoms with Crippen molar-refractivity contribution in [3.05, 3.63) is 29.8 Å². The van der Waals surface area contributed by atoms with Crippen LogP contribution in [0.3, 0.4) is 0 Å². The number of nitrogens with two attached hydrogens (primary N) is 4. The number of carboxylic acids is 2. The van der Waals surface area contributed by atoms with Gasteiger partial charge in [-0.3, -0.25) is 24.2 Å². The minimum atomic E-state index is -1.74. The Kier molecular flexibility index (Phi) is 15.2. The largest absolute Gasteiger partial charge is 0.508 e. The molecule has 0 aromatic heterocycles. The molecule has 0 spiro atoms. The van der Waals surface area contributed by atoms with Crippen LogP contribution in [0.15, 0.2) is 29.3 Å². The fourth-order valence-corrected chi connectivity index (χ4v) is 3.71. The van der Waals surface area contributed by atoms with Crippen LogP contribution in [0.1, 0.15) is 44.1 Å². The second-order valence-electron chi connectivity index (χ2n) is 9.33. The Labute approximate surface area is 236 Å². The molecule has 0 bridgehead atoms. The highest BCUT2D eigenvalue weighted by atomic mass is 16.4. The molecule has 0 aliphatic carbocycles. The van der Waals surface area contributed by atoms with Gasteiger partial charge in [0, 0.05) is 6.54 Å². The number of aromatic hydroxyl groups is 1. The van der Waals surface area contributed by atoms with Gasteiger partial charge in [-0.1, -0.05) is 12.1 Å². The predicted octanol–water partition coefficient (Wildman–Crippen LogP) is -2.54. The molecule has 0 heterocycles. The van der Waals surface area contributed by atoms with Crippen LogP contribution in [-0.2, 0) is 30.4 Å². The van der Waals surface area contributed by atoms with E-state index < -0.39 is 60.2 Å². The van der Waals surface area contributed by atoms with Crippen molar-refractivity contribution in [3.63, 3.8) is 0 Å². The van der Waals surface area contributed by atoms with Gasteiger partial charge in [0.25, 0.3) is 0 Å². The third kappa shape index (κ3) is 14.0. The number of aliphatic imine (C=N–C) groups is 1. The van der Waals surface area contributed by atoms with Crippen molar-refractivity contribution in [2.45, 2.75) is 69.1 Å². The molecule has 4 unspecified atom stereocenters. The van der Waals surface area contributed by atoms with Crippen molar-refractivity contribution < 1.29 is 39.3 Å². The lowest BCUT2D eigenvalue weighted by Crippen LogP contribution is -2.57. The molecule has 3 amide bonds. The van der Waals surface area contributed by atoms with Gasteiger partial charge >= 0.3 is 11.9 Å². The Morgan fingerprint density at radius 2 is 1.34 bits per heavy atom. The lowest BCUT2D eigenvalue weighted by molar-refractivity contribution is -0.147. The van der Waals surface area contributed by atoms with Crippen molar-refractivity contribution in [2.24, 2.45) is 27.9 Å². The van der Waals surface area contributed by atoms with Crippen LogP contribution in [0.2, 0.25) is 0 Å². The van der Waals surface area contributed by atoms with E-state index in [-0.39, 0.29) is 43.9 Å². The molecule has 1 aromatic rings. The molecule has 0 saturated heterocycles. The number of carbonyl (C=O) groups excluding carboxylic acids is 3. The number of benzene rings is 1. The number of phenols is 1. The molecule has 1 rings (SSSR count). The van der Waals surface area contributed by atoms with Crippen LogP contribution in [0, 0.1) is 0 Å². The normalized spacial score (nSPS) is 13.6. The maximum absolute atomic E-state index is 13.3. The number of amides is 3. The first-order valence-electron chi connectivity index (χ1n) is 13.0. The molecule has 0 aliphatic rings. The van der Waals surface area contributed by atoms with E-state index in [1.165, 1.54) is 12.1 Å². The van der Waals surface area contributed by atoms with Crippen LogP contribution in [-0.4, -0.2) is 88.2 Å². The van der Waals surface area contributed by atoms with E-state index >= 15 is 0 Å². The number of carboxylic acid groups (broad SMARTS) is 2. The Bertz CT molecular complexity index is 1060. The number of unbranched alkanes of at least 4 members (excludes halogenated alkanes) is 1. The van der Waals surface area contributed by atoms with E-state index in [2.05, 4.69) is 20.9 Å². The van der Waals surface area contributed by atoms with E-state index in [0.717, 1.165) is 0 Å². The summed E-state index contributed by atoms with van der Waals surface area (Å²) >= 11 is 0. The molecule has 14 N–H and O–H groups in total. The molecule has 4 atom stereocenters. The molecule has 41 heavy (non-hydrogen) atoms. The third-order valence-electron chi connectivity index (χ3n) is 5.88. The number of rotatable bonds is 19. The minimum Gasteiger partial charge on any atom is -0.508 e. The summed E-state index contributed by atoms with van der Waals surface area (Å²) in [6.07, 6.45) is 0.595. The summed E-state index contributed by atoms with van der Waals surface area (Å²) in [5.41, 5.74) is 22.9. The molecule has 0 aliphatic heterocycles. The van der Waals surface area contributed by atoms with Crippen molar-refractivity contribution in [3.8, 4) is 5.75 Å². The number of hydrogen-bond donors (Lipinski definition) is 10. The van der Waals surface area contributed by atoms with Gasteiger partial charge in [-0.2, -0.15) is 0 Å². The number of aliphatic carboxylic acids is 2. The van der Waals surface area contributed by atoms with Crippen LogP contribution in [0.4, 0.5) is 0 Å². The Balaban J connectivity index is 3.05. The monoisotopic (exact) mass is 580 g/mol. The fraction of sp³-hybridized carbons (Fsp3) is 0.520. The summed E-state index contributed by atoms with van der Waals surface area (Å²) in [5, 5.41) is 34.9. The first-order valence-corrected chi connectivity index (χ1v) is 13.0. The molecule has 0 saturated carbocycles. The zero-order valence-corrected chi connectivity index (χ0v) is 22.6. The number of hydrogen-bond acceptors (Lipinski definition) is 9. The van der Waals surface area contributed by atoms with Gasteiger partial charge in [0.1, 0.15) is 23.9 Å². The van der Waals surface area contributed by atoms with E-state index in [1.54, 1.807) is 12.1 Å². The maximum atomic E-state index is 13.3. The van der Waals surface area contributed by atoms with Crippen molar-refractivity contribution in [1.82, 2.24) is 16.0 Å². The summed E-state index contributed by atoms with van der Waals surface area (Å²) in [6.45, 7) is 0.445. The SMILES string of the molecule is NCCCCC(NC(=O)C(N)Cc1ccc(O)cc1)C(=O)NC(CCCN=C(N)N)C(=O)NC(CC(=O)O)C(=O)O. The van der Waals surface area contributed by atoms with Crippen molar-refractivity contribution in [1.29, 1.82) is 0 Å². The molecule has 0 radical (unpaired) electrons. The summed E-state index contributed by atoms with van der Waals surface area (Å²) in [7, 11) is 0. The van der Waals surface area contributed by atoms with Gasteiger partial charge in [0.2, 0.25) is 17.7 Å². The highest BCUT2D eigenvalue weighted by Crippen LogP contribution is 2.11. The second-order valence-corrected chi connectivity index (χ2v) is 9.33. The van der Waals surface area contributed by atoms with Gasteiger partial charge in [-0.25, -0.2) is 4.79 Å². The number of nitrogens with one attached hydrogen (secondary N) is 3. The summed E-state index contributed by atoms with van der Waals surface area (Å²) in [6, 6.07) is 0.932. The van der Waals surface area contributed by atoms with Gasteiger partial charge in [0.05, 0.1) is 12.5 Å². The summed E-state index contributed by atoms with van der Waals surface area (Å²) in [4.78, 5) is 65.3. The first-order chi connectivity index (χ1) is 19.3. The number of carbonyl (C=O) groups is 5. The molecule has 228 valence electrons. The standard InChI is InChI=1S/C25H40N8O8/c26-10-2-1-4-17(31-21(37)16(27)12-14-6-8-15(34)9-7-14)22(38)32-18(5-3-11-30-25(28)29)23(39)33-19(24(40)41)13-20(35)36/h6-9,16-19,34H,1-5,10-13,26-27H2,(H,31,37)(H,32,38)(H,33,39)(H,35,36)(H,40,41)(H4,28,29,30). The van der Waals surface area contributed by atoms with Crippen LogP contribution in [0.25, 0.3) is 0 Å².